The van der Waals surface area contributed by atoms with Crippen LogP contribution in [0.1, 0.15) is 63.8 Å². The summed E-state index contributed by atoms with van der Waals surface area (Å²) >= 11 is 0. The van der Waals surface area contributed by atoms with Crippen molar-refractivity contribution < 1.29 is 22.8 Å². The van der Waals surface area contributed by atoms with Crippen molar-refractivity contribution in [3.05, 3.63) is 136 Å². The molecule has 0 aromatic heterocycles. The standard InChI is InChI=1S/C40H41F3N2O2/c1-26-19-27(2)37(28(3)20-26)44-38(47)39(18-17-33-22-31-11-7-8-12-32(31)23-34(33)24-39)45(36(46)21-29-9-5-4-6-10-29)25-30-13-15-35(16-14-30)40(41,42)43/h4-16,19-20,33-34H,17-18,21-25H2,1-3H3,(H,44,47)/t33-,34+,39-/m0/s1. The lowest BCUT2D eigenvalue weighted by Crippen LogP contribution is -2.62. The number of amides is 2. The Labute approximate surface area is 275 Å². The number of anilines is 1. The van der Waals surface area contributed by atoms with Crippen molar-refractivity contribution in [2.24, 2.45) is 11.8 Å². The fourth-order valence-electron chi connectivity index (χ4n) is 7.90. The molecule has 4 aromatic carbocycles. The Hall–Kier alpha value is -4.39. The number of halogens is 3. The van der Waals surface area contributed by atoms with Gasteiger partial charge in [-0.1, -0.05) is 84.4 Å². The highest BCUT2D eigenvalue weighted by Crippen LogP contribution is 2.47. The van der Waals surface area contributed by atoms with Crippen LogP contribution in [0.2, 0.25) is 0 Å². The first-order valence-electron chi connectivity index (χ1n) is 16.4. The summed E-state index contributed by atoms with van der Waals surface area (Å²) in [6, 6.07) is 26.9. The summed E-state index contributed by atoms with van der Waals surface area (Å²) in [5.74, 6) is 0.0894. The van der Waals surface area contributed by atoms with Crippen molar-refractivity contribution in [2.75, 3.05) is 5.32 Å². The number of rotatable bonds is 7. The second-order valence-electron chi connectivity index (χ2n) is 13.5. The molecule has 4 nitrogen and oxygen atoms in total. The Bertz CT molecular complexity index is 1740. The predicted octanol–water partition coefficient (Wildman–Crippen LogP) is 8.79. The maximum absolute atomic E-state index is 14.9. The third-order valence-electron chi connectivity index (χ3n) is 10.3. The zero-order chi connectivity index (χ0) is 33.3. The second-order valence-corrected chi connectivity index (χ2v) is 13.5. The van der Waals surface area contributed by atoms with Crippen molar-refractivity contribution in [1.29, 1.82) is 0 Å². The van der Waals surface area contributed by atoms with Gasteiger partial charge >= 0.3 is 6.18 Å². The van der Waals surface area contributed by atoms with Gasteiger partial charge in [-0.25, -0.2) is 0 Å². The molecule has 6 rings (SSSR count). The first-order chi connectivity index (χ1) is 22.4. The molecule has 1 saturated carbocycles. The highest BCUT2D eigenvalue weighted by Gasteiger charge is 2.52. The van der Waals surface area contributed by atoms with Crippen molar-refractivity contribution in [3.63, 3.8) is 0 Å². The molecule has 0 spiro atoms. The Morgan fingerprint density at radius 3 is 2.02 bits per heavy atom. The quantitative estimate of drug-likeness (QED) is 0.220. The minimum absolute atomic E-state index is 0.0249. The lowest BCUT2D eigenvalue weighted by atomic mass is 9.62. The van der Waals surface area contributed by atoms with E-state index in [9.17, 15) is 22.8 Å². The number of benzene rings is 4. The topological polar surface area (TPSA) is 49.4 Å². The number of aryl methyl sites for hydroxylation is 3. The molecule has 0 saturated heterocycles. The van der Waals surface area contributed by atoms with Gasteiger partial charge in [-0.3, -0.25) is 9.59 Å². The summed E-state index contributed by atoms with van der Waals surface area (Å²) in [7, 11) is 0. The van der Waals surface area contributed by atoms with Gasteiger partial charge in [-0.15, -0.1) is 0 Å². The van der Waals surface area contributed by atoms with Gasteiger partial charge in [0.25, 0.3) is 0 Å². The van der Waals surface area contributed by atoms with E-state index in [2.05, 4.69) is 23.5 Å². The van der Waals surface area contributed by atoms with Crippen LogP contribution in [-0.2, 0) is 41.6 Å². The van der Waals surface area contributed by atoms with Crippen LogP contribution in [0, 0.1) is 32.6 Å². The number of hydrogen-bond acceptors (Lipinski definition) is 2. The Morgan fingerprint density at radius 2 is 1.40 bits per heavy atom. The lowest BCUT2D eigenvalue weighted by Gasteiger charge is -2.51. The van der Waals surface area contributed by atoms with Crippen LogP contribution in [0.4, 0.5) is 18.9 Å². The molecule has 2 aliphatic carbocycles. The van der Waals surface area contributed by atoms with Gasteiger partial charge < -0.3 is 10.2 Å². The number of nitrogens with one attached hydrogen (secondary N) is 1. The van der Waals surface area contributed by atoms with Crippen LogP contribution < -0.4 is 5.32 Å². The van der Waals surface area contributed by atoms with Crippen LogP contribution >= 0.6 is 0 Å². The first kappa shape index (κ1) is 32.5. The molecule has 0 bridgehead atoms. The van der Waals surface area contributed by atoms with E-state index in [0.717, 1.165) is 59.3 Å². The van der Waals surface area contributed by atoms with Gasteiger partial charge in [0.1, 0.15) is 5.54 Å². The SMILES string of the molecule is Cc1cc(C)c(NC(=O)[C@]2(N(Cc3ccc(C(F)(F)F)cc3)C(=O)Cc3ccccc3)CC[C@H]3Cc4ccccc4C[C@@H]3C2)c(C)c1. The average molecular weight is 639 g/mol. The number of hydrogen-bond donors (Lipinski definition) is 1. The number of carbonyl (C=O) groups excluding carboxylic acids is 2. The molecule has 7 heteroatoms. The van der Waals surface area contributed by atoms with E-state index in [1.165, 1.54) is 23.3 Å². The smallest absolute Gasteiger partial charge is 0.324 e. The van der Waals surface area contributed by atoms with E-state index in [-0.39, 0.29) is 30.7 Å². The number of nitrogens with zero attached hydrogens (tertiary/aromatic N) is 1. The molecule has 1 N–H and O–H groups in total. The first-order valence-corrected chi connectivity index (χ1v) is 16.4. The lowest BCUT2D eigenvalue weighted by molar-refractivity contribution is -0.150. The van der Waals surface area contributed by atoms with Crippen molar-refractivity contribution >= 4 is 17.5 Å². The Kier molecular flexibility index (Phi) is 9.01. The maximum atomic E-state index is 14.9. The average Bonchev–Trinajstić information content (AvgIpc) is 3.04. The maximum Gasteiger partial charge on any atom is 0.416 e. The number of alkyl halides is 3. The molecule has 2 aliphatic rings. The van der Waals surface area contributed by atoms with Gasteiger partial charge in [0.15, 0.2) is 0 Å². The van der Waals surface area contributed by atoms with Crippen molar-refractivity contribution in [3.8, 4) is 0 Å². The van der Waals surface area contributed by atoms with E-state index in [1.807, 2.05) is 69.3 Å². The van der Waals surface area contributed by atoms with E-state index >= 15 is 0 Å². The highest BCUT2D eigenvalue weighted by molar-refractivity contribution is 6.02. The molecule has 0 radical (unpaired) electrons. The van der Waals surface area contributed by atoms with Crippen LogP contribution in [0.3, 0.4) is 0 Å². The fourth-order valence-corrected chi connectivity index (χ4v) is 7.90. The van der Waals surface area contributed by atoms with Crippen LogP contribution in [0.25, 0.3) is 0 Å². The Balaban J connectivity index is 1.43. The van der Waals surface area contributed by atoms with E-state index < -0.39 is 17.3 Å². The minimum Gasteiger partial charge on any atom is -0.324 e. The van der Waals surface area contributed by atoms with E-state index in [4.69, 9.17) is 0 Å². The third-order valence-corrected chi connectivity index (χ3v) is 10.3. The summed E-state index contributed by atoms with van der Waals surface area (Å²) in [5, 5.41) is 3.26. The number of fused-ring (bicyclic) bond motifs is 2. The normalized spacial score (nSPS) is 20.6. The van der Waals surface area contributed by atoms with Gasteiger partial charge in [0.2, 0.25) is 11.8 Å². The van der Waals surface area contributed by atoms with Crippen molar-refractivity contribution in [1.82, 2.24) is 4.90 Å². The predicted molar refractivity (Wildman–Crippen MR) is 179 cm³/mol. The summed E-state index contributed by atoms with van der Waals surface area (Å²) in [6.45, 7) is 5.98. The van der Waals surface area contributed by atoms with Gasteiger partial charge in [0, 0.05) is 12.2 Å². The van der Waals surface area contributed by atoms with E-state index in [0.29, 0.717) is 24.3 Å². The monoisotopic (exact) mass is 638 g/mol. The molecule has 0 aliphatic heterocycles. The van der Waals surface area contributed by atoms with Crippen molar-refractivity contribution in [2.45, 2.75) is 77.6 Å². The molecule has 244 valence electrons. The molecule has 1 fully saturated rings. The molecular weight excluding hydrogens is 597 g/mol. The van der Waals surface area contributed by atoms with Gasteiger partial charge in [-0.05, 0) is 110 Å². The van der Waals surface area contributed by atoms with Crippen LogP contribution in [-0.4, -0.2) is 22.3 Å². The highest BCUT2D eigenvalue weighted by atomic mass is 19.4. The van der Waals surface area contributed by atoms with Gasteiger partial charge in [-0.2, -0.15) is 13.2 Å². The fraction of sp³-hybridized carbons (Fsp3) is 0.350. The summed E-state index contributed by atoms with van der Waals surface area (Å²) in [5.41, 5.74) is 5.75. The molecule has 4 aromatic rings. The minimum atomic E-state index is -4.47. The Morgan fingerprint density at radius 1 is 0.809 bits per heavy atom. The molecular formula is C40H41F3N2O2. The molecule has 0 unspecified atom stereocenters. The largest absolute Gasteiger partial charge is 0.416 e. The molecule has 0 heterocycles. The summed E-state index contributed by atoms with van der Waals surface area (Å²) < 4.78 is 40.4. The zero-order valence-corrected chi connectivity index (χ0v) is 27.2. The summed E-state index contributed by atoms with van der Waals surface area (Å²) in [6.07, 6.45) is -0.931. The molecule has 47 heavy (non-hydrogen) atoms. The van der Waals surface area contributed by atoms with Gasteiger partial charge in [0.05, 0.1) is 12.0 Å². The zero-order valence-electron chi connectivity index (χ0n) is 27.2. The summed E-state index contributed by atoms with van der Waals surface area (Å²) in [4.78, 5) is 31.1. The van der Waals surface area contributed by atoms with Crippen LogP contribution in [0.15, 0.2) is 91.0 Å². The number of carbonyl (C=O) groups is 2. The van der Waals surface area contributed by atoms with E-state index in [1.54, 1.807) is 4.90 Å². The second kappa shape index (κ2) is 13.0. The third kappa shape index (κ3) is 6.85. The van der Waals surface area contributed by atoms with Crippen LogP contribution in [0.5, 0.6) is 0 Å². The molecule has 3 atom stereocenters. The molecule has 2 amide bonds.